The first kappa shape index (κ1) is 13.4. The standard InChI is InChI=1S/C14H19NO2S/c1-14(13(16)17-2,12-6-4-3-5-7-12)15-8-10-18-11-9-15/h3-7H,8-11H2,1-2H3. The van der Waals surface area contributed by atoms with E-state index in [9.17, 15) is 4.79 Å². The Kier molecular flexibility index (Phi) is 4.30. The minimum absolute atomic E-state index is 0.180. The quantitative estimate of drug-likeness (QED) is 0.783. The lowest BCUT2D eigenvalue weighted by Crippen LogP contribution is -2.53. The molecule has 0 amide bonds. The third kappa shape index (κ3) is 2.40. The van der Waals surface area contributed by atoms with Crippen molar-refractivity contribution in [3.05, 3.63) is 35.9 Å². The SMILES string of the molecule is COC(=O)C(C)(c1ccccc1)N1CCSCC1. The molecule has 1 atom stereocenters. The second-order valence-electron chi connectivity index (χ2n) is 4.53. The summed E-state index contributed by atoms with van der Waals surface area (Å²) in [6.45, 7) is 3.81. The molecule has 2 rings (SSSR count). The van der Waals surface area contributed by atoms with Crippen molar-refractivity contribution in [3.63, 3.8) is 0 Å². The smallest absolute Gasteiger partial charge is 0.330 e. The van der Waals surface area contributed by atoms with Crippen LogP contribution in [0.5, 0.6) is 0 Å². The van der Waals surface area contributed by atoms with E-state index in [1.807, 2.05) is 49.0 Å². The Morgan fingerprint density at radius 1 is 1.28 bits per heavy atom. The van der Waals surface area contributed by atoms with Crippen LogP contribution in [0.25, 0.3) is 0 Å². The predicted octanol–water partition coefficient (Wildman–Crippen LogP) is 2.12. The molecule has 1 saturated heterocycles. The lowest BCUT2D eigenvalue weighted by Gasteiger charge is -2.41. The molecule has 0 N–H and O–H groups in total. The summed E-state index contributed by atoms with van der Waals surface area (Å²) in [4.78, 5) is 14.5. The topological polar surface area (TPSA) is 29.5 Å². The van der Waals surface area contributed by atoms with Gasteiger partial charge in [-0.05, 0) is 12.5 Å². The third-order valence-electron chi connectivity index (χ3n) is 3.56. The van der Waals surface area contributed by atoms with Crippen LogP contribution in [0.3, 0.4) is 0 Å². The number of hydrogen-bond acceptors (Lipinski definition) is 4. The summed E-state index contributed by atoms with van der Waals surface area (Å²) in [6.07, 6.45) is 0. The highest BCUT2D eigenvalue weighted by molar-refractivity contribution is 7.99. The van der Waals surface area contributed by atoms with Gasteiger partial charge in [0, 0.05) is 24.6 Å². The number of nitrogens with zero attached hydrogens (tertiary/aromatic N) is 1. The molecule has 0 radical (unpaired) electrons. The molecule has 0 aromatic heterocycles. The fraction of sp³-hybridized carbons (Fsp3) is 0.500. The summed E-state index contributed by atoms with van der Waals surface area (Å²) in [7, 11) is 1.46. The molecule has 18 heavy (non-hydrogen) atoms. The summed E-state index contributed by atoms with van der Waals surface area (Å²) in [6, 6.07) is 9.90. The summed E-state index contributed by atoms with van der Waals surface area (Å²) in [5, 5.41) is 0. The molecule has 0 aliphatic carbocycles. The molecule has 0 bridgehead atoms. The average molecular weight is 265 g/mol. The van der Waals surface area contributed by atoms with Crippen LogP contribution in [0.1, 0.15) is 12.5 Å². The monoisotopic (exact) mass is 265 g/mol. The molecule has 1 aromatic carbocycles. The number of benzene rings is 1. The number of rotatable bonds is 3. The number of methoxy groups -OCH3 is 1. The normalized spacial score (nSPS) is 20.1. The fourth-order valence-corrected chi connectivity index (χ4v) is 3.30. The van der Waals surface area contributed by atoms with Gasteiger partial charge in [0.05, 0.1) is 7.11 Å². The van der Waals surface area contributed by atoms with Gasteiger partial charge in [0.25, 0.3) is 0 Å². The maximum Gasteiger partial charge on any atom is 0.330 e. The summed E-state index contributed by atoms with van der Waals surface area (Å²) < 4.78 is 5.04. The van der Waals surface area contributed by atoms with Gasteiger partial charge in [-0.2, -0.15) is 11.8 Å². The van der Waals surface area contributed by atoms with E-state index < -0.39 is 5.54 Å². The number of hydrogen-bond donors (Lipinski definition) is 0. The van der Waals surface area contributed by atoms with Crippen molar-refractivity contribution < 1.29 is 9.53 Å². The van der Waals surface area contributed by atoms with Crippen LogP contribution in [0.2, 0.25) is 0 Å². The lowest BCUT2D eigenvalue weighted by atomic mass is 9.90. The molecule has 1 aromatic rings. The van der Waals surface area contributed by atoms with Gasteiger partial charge in [-0.15, -0.1) is 0 Å². The molecular formula is C14H19NO2S. The number of thioether (sulfide) groups is 1. The number of carbonyl (C=O) groups excluding carboxylic acids is 1. The fourth-order valence-electron chi connectivity index (χ4n) is 2.40. The van der Waals surface area contributed by atoms with Crippen LogP contribution in [-0.2, 0) is 15.1 Å². The lowest BCUT2D eigenvalue weighted by molar-refractivity contribution is -0.155. The number of esters is 1. The van der Waals surface area contributed by atoms with E-state index in [1.165, 1.54) is 7.11 Å². The van der Waals surface area contributed by atoms with Crippen molar-refractivity contribution in [3.8, 4) is 0 Å². The highest BCUT2D eigenvalue weighted by atomic mass is 32.2. The molecule has 98 valence electrons. The zero-order chi connectivity index (χ0) is 13.0. The van der Waals surface area contributed by atoms with E-state index in [4.69, 9.17) is 4.74 Å². The minimum atomic E-state index is -0.670. The largest absolute Gasteiger partial charge is 0.467 e. The molecular weight excluding hydrogens is 246 g/mol. The number of ether oxygens (including phenoxy) is 1. The van der Waals surface area contributed by atoms with Gasteiger partial charge in [0.15, 0.2) is 0 Å². The molecule has 1 aliphatic rings. The van der Waals surface area contributed by atoms with E-state index in [1.54, 1.807) is 0 Å². The van der Waals surface area contributed by atoms with Crippen molar-refractivity contribution in [1.82, 2.24) is 4.90 Å². The molecule has 1 unspecified atom stereocenters. The Labute approximate surface area is 113 Å². The van der Waals surface area contributed by atoms with Crippen molar-refractivity contribution in [2.75, 3.05) is 31.7 Å². The summed E-state index contributed by atoms with van der Waals surface area (Å²) in [5.74, 6) is 1.96. The van der Waals surface area contributed by atoms with Crippen LogP contribution < -0.4 is 0 Å². The Balaban J connectivity index is 2.36. The van der Waals surface area contributed by atoms with E-state index >= 15 is 0 Å². The maximum atomic E-state index is 12.3. The third-order valence-corrected chi connectivity index (χ3v) is 4.50. The first-order valence-corrected chi connectivity index (χ1v) is 7.32. The van der Waals surface area contributed by atoms with Crippen LogP contribution >= 0.6 is 11.8 Å². The zero-order valence-electron chi connectivity index (χ0n) is 10.9. The van der Waals surface area contributed by atoms with Gasteiger partial charge < -0.3 is 4.74 Å². The Morgan fingerprint density at radius 3 is 2.44 bits per heavy atom. The summed E-state index contributed by atoms with van der Waals surface area (Å²) in [5.41, 5.74) is 0.334. The van der Waals surface area contributed by atoms with E-state index in [2.05, 4.69) is 4.90 Å². The second-order valence-corrected chi connectivity index (χ2v) is 5.75. The van der Waals surface area contributed by atoms with Crippen LogP contribution in [-0.4, -0.2) is 42.6 Å². The number of carbonyl (C=O) groups is 1. The van der Waals surface area contributed by atoms with Gasteiger partial charge in [-0.25, -0.2) is 4.79 Å². The van der Waals surface area contributed by atoms with Crippen molar-refractivity contribution in [2.24, 2.45) is 0 Å². The van der Waals surface area contributed by atoms with Gasteiger partial charge in [-0.1, -0.05) is 30.3 Å². The molecule has 1 heterocycles. The first-order valence-electron chi connectivity index (χ1n) is 6.16. The van der Waals surface area contributed by atoms with E-state index in [-0.39, 0.29) is 5.97 Å². The van der Waals surface area contributed by atoms with Crippen LogP contribution in [0.4, 0.5) is 0 Å². The Bertz CT molecular complexity index is 404. The van der Waals surface area contributed by atoms with Gasteiger partial charge in [-0.3, -0.25) is 4.90 Å². The molecule has 0 saturated carbocycles. The van der Waals surface area contributed by atoms with Crippen LogP contribution in [0, 0.1) is 0 Å². The highest BCUT2D eigenvalue weighted by Crippen LogP contribution is 2.31. The molecule has 1 aliphatic heterocycles. The average Bonchev–Trinajstić information content (AvgIpc) is 2.47. The Morgan fingerprint density at radius 2 is 1.89 bits per heavy atom. The highest BCUT2D eigenvalue weighted by Gasteiger charge is 2.42. The van der Waals surface area contributed by atoms with Crippen molar-refractivity contribution in [2.45, 2.75) is 12.5 Å². The molecule has 1 fully saturated rings. The zero-order valence-corrected chi connectivity index (χ0v) is 11.7. The molecule has 3 nitrogen and oxygen atoms in total. The van der Waals surface area contributed by atoms with Gasteiger partial charge >= 0.3 is 5.97 Å². The van der Waals surface area contributed by atoms with E-state index in [0.717, 1.165) is 30.2 Å². The minimum Gasteiger partial charge on any atom is -0.467 e. The summed E-state index contributed by atoms with van der Waals surface area (Å²) >= 11 is 1.94. The first-order chi connectivity index (χ1) is 8.69. The van der Waals surface area contributed by atoms with Crippen molar-refractivity contribution in [1.29, 1.82) is 0 Å². The van der Waals surface area contributed by atoms with Crippen LogP contribution in [0.15, 0.2) is 30.3 Å². The molecule has 4 heteroatoms. The van der Waals surface area contributed by atoms with E-state index in [0.29, 0.717) is 0 Å². The van der Waals surface area contributed by atoms with Gasteiger partial charge in [0.1, 0.15) is 5.54 Å². The Hall–Kier alpha value is -1.00. The predicted molar refractivity (Wildman–Crippen MR) is 74.7 cm³/mol. The van der Waals surface area contributed by atoms with Gasteiger partial charge in [0.2, 0.25) is 0 Å². The second kappa shape index (κ2) is 5.76. The maximum absolute atomic E-state index is 12.3. The van der Waals surface area contributed by atoms with Crippen molar-refractivity contribution >= 4 is 17.7 Å². The molecule has 0 spiro atoms.